The smallest absolute Gasteiger partial charge is 0.323 e. The van der Waals surface area contributed by atoms with Crippen LogP contribution in [0.5, 0.6) is 5.75 Å². The molecule has 162 valence electrons. The van der Waals surface area contributed by atoms with E-state index in [1.54, 1.807) is 36.4 Å². The predicted molar refractivity (Wildman–Crippen MR) is 114 cm³/mol. The van der Waals surface area contributed by atoms with E-state index in [4.69, 9.17) is 4.74 Å². The van der Waals surface area contributed by atoms with E-state index in [0.29, 0.717) is 29.0 Å². The fraction of sp³-hybridized carbons (Fsp3) is 0.217. The van der Waals surface area contributed by atoms with Gasteiger partial charge < -0.3 is 20.3 Å². The molecule has 3 heterocycles. The molecule has 32 heavy (non-hydrogen) atoms. The lowest BCUT2D eigenvalue weighted by Crippen LogP contribution is -2.54. The molecule has 1 atom stereocenters. The van der Waals surface area contributed by atoms with Crippen LogP contribution in [0.2, 0.25) is 0 Å². The molecule has 1 saturated heterocycles. The fourth-order valence-corrected chi connectivity index (χ4v) is 4.10. The van der Waals surface area contributed by atoms with Crippen LogP contribution in [0, 0.1) is 11.8 Å². The van der Waals surface area contributed by atoms with Crippen LogP contribution in [0.15, 0.2) is 36.4 Å². The van der Waals surface area contributed by atoms with E-state index < -0.39 is 17.5 Å². The van der Waals surface area contributed by atoms with Crippen LogP contribution in [-0.2, 0) is 17.9 Å². The predicted octanol–water partition coefficient (Wildman–Crippen LogP) is 0.770. The van der Waals surface area contributed by atoms with Crippen LogP contribution in [-0.4, -0.2) is 47.8 Å². The topological polar surface area (TPSA) is 117 Å². The number of urea groups is 1. The molecule has 3 N–H and O–H groups in total. The van der Waals surface area contributed by atoms with Gasteiger partial charge in [-0.3, -0.25) is 19.7 Å². The number of methoxy groups -OCH3 is 1. The number of carbonyl (C=O) groups is 4. The number of hydrogen-bond acceptors (Lipinski definition) is 5. The molecule has 3 aliphatic rings. The number of nitrogens with one attached hydrogen (secondary N) is 3. The molecular formula is C23H20N4O5. The second-order valence-electron chi connectivity index (χ2n) is 7.80. The molecule has 0 bridgehead atoms. The Labute approximate surface area is 184 Å². The van der Waals surface area contributed by atoms with Gasteiger partial charge in [-0.05, 0) is 41.5 Å². The quantitative estimate of drug-likeness (QED) is 0.489. The van der Waals surface area contributed by atoms with Crippen molar-refractivity contribution in [3.8, 4) is 17.6 Å². The molecule has 2 aromatic rings. The lowest BCUT2D eigenvalue weighted by molar-refractivity contribution is -0.122. The number of ether oxygens (including phenoxy) is 1. The zero-order valence-corrected chi connectivity index (χ0v) is 17.1. The number of nitrogens with zero attached hydrogens (tertiary/aromatic N) is 1. The lowest BCUT2D eigenvalue weighted by atomic mass is 9.98. The van der Waals surface area contributed by atoms with Gasteiger partial charge in [0.2, 0.25) is 5.54 Å². The Balaban J connectivity index is 0.00000259. The summed E-state index contributed by atoms with van der Waals surface area (Å²) in [5.41, 5.74) is 1.70. The van der Waals surface area contributed by atoms with Gasteiger partial charge >= 0.3 is 6.03 Å². The van der Waals surface area contributed by atoms with Crippen molar-refractivity contribution in [1.82, 2.24) is 20.9 Å². The summed E-state index contributed by atoms with van der Waals surface area (Å²) in [4.78, 5) is 50.8. The minimum atomic E-state index is -1.59. The van der Waals surface area contributed by atoms with Gasteiger partial charge in [-0.15, -0.1) is 0 Å². The molecule has 5 amide bonds. The van der Waals surface area contributed by atoms with E-state index in [1.807, 2.05) is 0 Å². The highest BCUT2D eigenvalue weighted by molar-refractivity contribution is 6.10. The normalized spacial score (nSPS) is 20.7. The standard InChI is InChI=1S/C23H18N4O5.H2/c1-32-16-4-3-14-11-27(20(29)18(14)9-16)12-23(21(30)25-22(31)26-23)7-6-13-2-5-17-15(8-13)10-24-19(17)28;/h2-5,8-9H,10-12H2,1H3,(H,24,28)(H2,25,26,30,31);1H/t23-;/m1./s1. The highest BCUT2D eigenvalue weighted by atomic mass is 16.5. The van der Waals surface area contributed by atoms with Crippen molar-refractivity contribution < 1.29 is 25.3 Å². The maximum Gasteiger partial charge on any atom is 0.323 e. The van der Waals surface area contributed by atoms with E-state index in [2.05, 4.69) is 27.8 Å². The molecule has 0 radical (unpaired) electrons. The molecule has 0 aliphatic carbocycles. The number of hydrogen-bond donors (Lipinski definition) is 3. The molecule has 0 aromatic heterocycles. The molecule has 0 saturated carbocycles. The van der Waals surface area contributed by atoms with Crippen molar-refractivity contribution in [1.29, 1.82) is 0 Å². The minimum Gasteiger partial charge on any atom is -0.497 e. The molecule has 3 aliphatic heterocycles. The van der Waals surface area contributed by atoms with Gasteiger partial charge in [-0.1, -0.05) is 17.9 Å². The molecule has 9 heteroatoms. The molecule has 9 nitrogen and oxygen atoms in total. The maximum absolute atomic E-state index is 13.0. The Morgan fingerprint density at radius 1 is 1.09 bits per heavy atom. The summed E-state index contributed by atoms with van der Waals surface area (Å²) < 4.78 is 5.19. The van der Waals surface area contributed by atoms with E-state index in [1.165, 1.54) is 12.0 Å². The van der Waals surface area contributed by atoms with Gasteiger partial charge in [0.1, 0.15) is 5.75 Å². The lowest BCUT2D eigenvalue weighted by Gasteiger charge is -2.26. The first-order valence-electron chi connectivity index (χ1n) is 9.93. The van der Waals surface area contributed by atoms with Crippen molar-refractivity contribution in [2.45, 2.75) is 18.6 Å². The van der Waals surface area contributed by atoms with Gasteiger partial charge in [-0.2, -0.15) is 0 Å². The highest BCUT2D eigenvalue weighted by Gasteiger charge is 2.48. The van der Waals surface area contributed by atoms with Crippen LogP contribution >= 0.6 is 0 Å². The average molecular weight is 432 g/mol. The summed E-state index contributed by atoms with van der Waals surface area (Å²) in [5, 5.41) is 7.54. The molecule has 2 aromatic carbocycles. The van der Waals surface area contributed by atoms with Crippen LogP contribution in [0.1, 0.15) is 38.8 Å². The zero-order valence-electron chi connectivity index (χ0n) is 17.1. The Hall–Kier alpha value is -4.32. The van der Waals surface area contributed by atoms with Crippen LogP contribution in [0.4, 0.5) is 4.79 Å². The number of amides is 5. The number of fused-ring (bicyclic) bond motifs is 2. The number of rotatable bonds is 3. The van der Waals surface area contributed by atoms with Gasteiger partial charge in [0.15, 0.2) is 0 Å². The van der Waals surface area contributed by atoms with E-state index >= 15 is 0 Å². The third kappa shape index (κ3) is 3.13. The van der Waals surface area contributed by atoms with Crippen LogP contribution in [0.3, 0.4) is 0 Å². The average Bonchev–Trinajstić information content (AvgIpc) is 3.40. The fourth-order valence-electron chi connectivity index (χ4n) is 4.10. The summed E-state index contributed by atoms with van der Waals surface area (Å²) in [5.74, 6) is 5.34. The molecule has 0 spiro atoms. The van der Waals surface area contributed by atoms with Gasteiger partial charge in [0.25, 0.3) is 17.7 Å². The van der Waals surface area contributed by atoms with Crippen LogP contribution in [0.25, 0.3) is 0 Å². The van der Waals surface area contributed by atoms with Crippen molar-refractivity contribution in [3.63, 3.8) is 0 Å². The van der Waals surface area contributed by atoms with Crippen molar-refractivity contribution in [2.24, 2.45) is 0 Å². The maximum atomic E-state index is 13.0. The van der Waals surface area contributed by atoms with Crippen molar-refractivity contribution >= 4 is 23.8 Å². The Bertz CT molecular complexity index is 1280. The van der Waals surface area contributed by atoms with E-state index in [9.17, 15) is 19.2 Å². The SMILES string of the molecule is COc1ccc2c(c1)C(=O)N(C[C@@]1(C#Cc3ccc4c(c3)CNC4=O)NC(=O)NC1=O)C2.[HH]. The third-order valence-corrected chi connectivity index (χ3v) is 5.77. The van der Waals surface area contributed by atoms with Gasteiger partial charge in [-0.25, -0.2) is 4.79 Å². The summed E-state index contributed by atoms with van der Waals surface area (Å²) in [6, 6.07) is 9.69. The number of carbonyl (C=O) groups excluding carboxylic acids is 4. The largest absolute Gasteiger partial charge is 0.497 e. The van der Waals surface area contributed by atoms with Crippen molar-refractivity contribution in [3.05, 3.63) is 64.2 Å². The second-order valence-corrected chi connectivity index (χ2v) is 7.80. The summed E-state index contributed by atoms with van der Waals surface area (Å²) in [6.07, 6.45) is 0. The Morgan fingerprint density at radius 2 is 1.94 bits per heavy atom. The monoisotopic (exact) mass is 432 g/mol. The van der Waals surface area contributed by atoms with E-state index in [0.717, 1.165) is 11.1 Å². The first kappa shape index (κ1) is 19.6. The van der Waals surface area contributed by atoms with Crippen molar-refractivity contribution in [2.75, 3.05) is 13.7 Å². The Kier molecular flexibility index (Phi) is 4.37. The summed E-state index contributed by atoms with van der Waals surface area (Å²) >= 11 is 0. The van der Waals surface area contributed by atoms with Gasteiger partial charge in [0.05, 0.1) is 13.7 Å². The number of benzene rings is 2. The summed E-state index contributed by atoms with van der Waals surface area (Å²) in [6.45, 7) is 0.589. The first-order chi connectivity index (χ1) is 15.4. The molecule has 1 fully saturated rings. The molecule has 0 unspecified atom stereocenters. The number of imide groups is 1. The summed E-state index contributed by atoms with van der Waals surface area (Å²) in [7, 11) is 1.52. The third-order valence-electron chi connectivity index (χ3n) is 5.77. The second kappa shape index (κ2) is 7.13. The Morgan fingerprint density at radius 3 is 2.69 bits per heavy atom. The zero-order chi connectivity index (χ0) is 22.5. The molecular weight excluding hydrogens is 412 g/mol. The van der Waals surface area contributed by atoms with Gasteiger partial charge in [0, 0.05) is 31.2 Å². The molecule has 5 rings (SSSR count). The highest BCUT2D eigenvalue weighted by Crippen LogP contribution is 2.28. The van der Waals surface area contributed by atoms with E-state index in [-0.39, 0.29) is 26.3 Å². The minimum absolute atomic E-state index is 0. The van der Waals surface area contributed by atoms with Crippen LogP contribution < -0.4 is 20.7 Å². The first-order valence-corrected chi connectivity index (χ1v) is 9.93.